The van der Waals surface area contributed by atoms with E-state index >= 15 is 0 Å². The zero-order valence-corrected chi connectivity index (χ0v) is 11.4. The second kappa shape index (κ2) is 4.99. The summed E-state index contributed by atoms with van der Waals surface area (Å²) in [6.07, 6.45) is -0.472. The second-order valence-corrected chi connectivity index (χ2v) is 6.93. The molecule has 1 saturated heterocycles. The van der Waals surface area contributed by atoms with Crippen molar-refractivity contribution >= 4 is 9.84 Å². The van der Waals surface area contributed by atoms with E-state index in [2.05, 4.69) is 0 Å². The van der Waals surface area contributed by atoms with Crippen molar-refractivity contribution in [1.82, 2.24) is 0 Å². The predicted octanol–water partition coefficient (Wildman–Crippen LogP) is 1.23. The summed E-state index contributed by atoms with van der Waals surface area (Å²) in [6, 6.07) is 5.04. The summed E-state index contributed by atoms with van der Waals surface area (Å²) >= 11 is 0. The Labute approximate surface area is 108 Å². The summed E-state index contributed by atoms with van der Waals surface area (Å²) in [7, 11) is -3.53. The SMILES string of the molecule is Cc1ccc(S(=O)(=O)C2COCCC2O)cc1C. The van der Waals surface area contributed by atoms with Gasteiger partial charge in [-0.2, -0.15) is 0 Å². The van der Waals surface area contributed by atoms with Crippen molar-refractivity contribution in [3.05, 3.63) is 29.3 Å². The first-order chi connectivity index (χ1) is 8.43. The van der Waals surface area contributed by atoms with Crippen LogP contribution in [0.25, 0.3) is 0 Å². The van der Waals surface area contributed by atoms with E-state index in [0.717, 1.165) is 11.1 Å². The van der Waals surface area contributed by atoms with Crippen molar-refractivity contribution in [2.75, 3.05) is 13.2 Å². The first-order valence-corrected chi connectivity index (χ1v) is 7.54. The first kappa shape index (κ1) is 13.5. The van der Waals surface area contributed by atoms with Gasteiger partial charge in [0.25, 0.3) is 0 Å². The highest BCUT2D eigenvalue weighted by Gasteiger charge is 2.36. The molecule has 1 aromatic carbocycles. The topological polar surface area (TPSA) is 63.6 Å². The number of aliphatic hydroxyl groups is 1. The third-order valence-electron chi connectivity index (χ3n) is 3.47. The lowest BCUT2D eigenvalue weighted by molar-refractivity contribution is 0.0175. The van der Waals surface area contributed by atoms with Crippen LogP contribution in [0.3, 0.4) is 0 Å². The number of hydrogen-bond donors (Lipinski definition) is 1. The van der Waals surface area contributed by atoms with Gasteiger partial charge in [0.1, 0.15) is 5.25 Å². The third kappa shape index (κ3) is 2.43. The molecule has 1 aromatic rings. The van der Waals surface area contributed by atoms with Gasteiger partial charge >= 0.3 is 0 Å². The van der Waals surface area contributed by atoms with Crippen LogP contribution in [0.1, 0.15) is 17.5 Å². The van der Waals surface area contributed by atoms with Gasteiger partial charge in [0.15, 0.2) is 9.84 Å². The molecule has 1 aliphatic rings. The lowest BCUT2D eigenvalue weighted by Crippen LogP contribution is -2.42. The minimum atomic E-state index is -3.53. The Morgan fingerprint density at radius 2 is 2.00 bits per heavy atom. The Kier molecular flexibility index (Phi) is 3.75. The standard InChI is InChI=1S/C13H18O4S/c1-9-3-4-11(7-10(9)2)18(15,16)13-8-17-6-5-12(13)14/h3-4,7,12-14H,5-6,8H2,1-2H3. The van der Waals surface area contributed by atoms with Crippen LogP contribution in [0.4, 0.5) is 0 Å². The highest BCUT2D eigenvalue weighted by atomic mass is 32.2. The number of hydrogen-bond acceptors (Lipinski definition) is 4. The highest BCUT2D eigenvalue weighted by Crippen LogP contribution is 2.24. The third-order valence-corrected chi connectivity index (χ3v) is 5.63. The Bertz CT molecular complexity index is 536. The molecule has 2 unspecified atom stereocenters. The molecule has 0 aliphatic carbocycles. The zero-order valence-electron chi connectivity index (χ0n) is 10.6. The molecule has 2 atom stereocenters. The van der Waals surface area contributed by atoms with E-state index in [9.17, 15) is 13.5 Å². The molecule has 1 N–H and O–H groups in total. The number of rotatable bonds is 2. The van der Waals surface area contributed by atoms with Gasteiger partial charge < -0.3 is 9.84 Å². The van der Waals surface area contributed by atoms with Crippen LogP contribution < -0.4 is 0 Å². The Morgan fingerprint density at radius 1 is 1.28 bits per heavy atom. The minimum absolute atomic E-state index is 0.0659. The fourth-order valence-corrected chi connectivity index (χ4v) is 3.84. The molecule has 100 valence electrons. The molecule has 5 heteroatoms. The van der Waals surface area contributed by atoms with Crippen LogP contribution in [0.5, 0.6) is 0 Å². The van der Waals surface area contributed by atoms with Crippen molar-refractivity contribution in [3.8, 4) is 0 Å². The maximum Gasteiger partial charge on any atom is 0.186 e. The zero-order chi connectivity index (χ0) is 13.3. The molecule has 0 amide bonds. The molecular weight excluding hydrogens is 252 g/mol. The monoisotopic (exact) mass is 270 g/mol. The number of aryl methyl sites for hydroxylation is 2. The summed E-state index contributed by atoms with van der Waals surface area (Å²) in [4.78, 5) is 0.264. The van der Waals surface area contributed by atoms with E-state index < -0.39 is 21.2 Å². The fraction of sp³-hybridized carbons (Fsp3) is 0.538. The number of ether oxygens (including phenoxy) is 1. The van der Waals surface area contributed by atoms with E-state index in [1.54, 1.807) is 18.2 Å². The lowest BCUT2D eigenvalue weighted by atomic mass is 10.1. The maximum absolute atomic E-state index is 12.4. The summed E-state index contributed by atoms with van der Waals surface area (Å²) in [5, 5.41) is 8.98. The van der Waals surface area contributed by atoms with Crippen LogP contribution >= 0.6 is 0 Å². The number of aliphatic hydroxyl groups excluding tert-OH is 1. The van der Waals surface area contributed by atoms with Crippen molar-refractivity contribution < 1.29 is 18.3 Å². The van der Waals surface area contributed by atoms with Crippen LogP contribution in [-0.2, 0) is 14.6 Å². The molecule has 0 aromatic heterocycles. The quantitative estimate of drug-likeness (QED) is 0.878. The molecule has 18 heavy (non-hydrogen) atoms. The summed E-state index contributed by atoms with van der Waals surface area (Å²) in [6.45, 7) is 4.29. The van der Waals surface area contributed by atoms with E-state index in [4.69, 9.17) is 4.74 Å². The Balaban J connectivity index is 2.37. The second-order valence-electron chi connectivity index (χ2n) is 4.76. The van der Waals surface area contributed by atoms with Gasteiger partial charge in [0, 0.05) is 6.61 Å². The smallest absolute Gasteiger partial charge is 0.186 e. The summed E-state index contributed by atoms with van der Waals surface area (Å²) in [5.41, 5.74) is 1.98. The molecule has 2 rings (SSSR count). The minimum Gasteiger partial charge on any atom is -0.392 e. The first-order valence-electron chi connectivity index (χ1n) is 6.00. The molecule has 4 nitrogen and oxygen atoms in total. The average Bonchev–Trinajstić information content (AvgIpc) is 2.33. The average molecular weight is 270 g/mol. The van der Waals surface area contributed by atoms with Crippen molar-refractivity contribution in [3.63, 3.8) is 0 Å². The number of sulfone groups is 1. The predicted molar refractivity (Wildman–Crippen MR) is 68.3 cm³/mol. The van der Waals surface area contributed by atoms with E-state index in [1.807, 2.05) is 13.8 Å². The van der Waals surface area contributed by atoms with Gasteiger partial charge in [0.05, 0.1) is 17.6 Å². The molecular formula is C13H18O4S. The maximum atomic E-state index is 12.4. The largest absolute Gasteiger partial charge is 0.392 e. The van der Waals surface area contributed by atoms with Crippen LogP contribution in [0, 0.1) is 13.8 Å². The summed E-state index contributed by atoms with van der Waals surface area (Å²) < 4.78 is 30.0. The van der Waals surface area contributed by atoms with Crippen LogP contribution in [0.15, 0.2) is 23.1 Å². The fourth-order valence-electron chi connectivity index (χ4n) is 2.06. The van der Waals surface area contributed by atoms with Gasteiger partial charge in [-0.3, -0.25) is 0 Å². The van der Waals surface area contributed by atoms with Gasteiger partial charge in [-0.1, -0.05) is 6.07 Å². The summed E-state index contributed by atoms with van der Waals surface area (Å²) in [5.74, 6) is 0. The van der Waals surface area contributed by atoms with Gasteiger partial charge in [-0.05, 0) is 43.5 Å². The van der Waals surface area contributed by atoms with Gasteiger partial charge in [0.2, 0.25) is 0 Å². The lowest BCUT2D eigenvalue weighted by Gasteiger charge is -2.27. The molecule has 0 bridgehead atoms. The normalized spacial score (nSPS) is 25.1. The molecule has 1 fully saturated rings. The molecule has 0 radical (unpaired) electrons. The van der Waals surface area contributed by atoms with Gasteiger partial charge in [-0.25, -0.2) is 8.42 Å². The Morgan fingerprint density at radius 3 is 2.61 bits per heavy atom. The van der Waals surface area contributed by atoms with Crippen LogP contribution in [-0.4, -0.2) is 38.1 Å². The molecule has 0 spiro atoms. The van der Waals surface area contributed by atoms with E-state index in [-0.39, 0.29) is 11.5 Å². The molecule has 1 heterocycles. The van der Waals surface area contributed by atoms with Crippen molar-refractivity contribution in [1.29, 1.82) is 0 Å². The Hall–Kier alpha value is -0.910. The van der Waals surface area contributed by atoms with E-state index in [0.29, 0.717) is 13.0 Å². The van der Waals surface area contributed by atoms with Gasteiger partial charge in [-0.15, -0.1) is 0 Å². The molecule has 1 aliphatic heterocycles. The molecule has 0 saturated carbocycles. The van der Waals surface area contributed by atoms with Crippen molar-refractivity contribution in [2.24, 2.45) is 0 Å². The van der Waals surface area contributed by atoms with Crippen molar-refractivity contribution in [2.45, 2.75) is 36.5 Å². The van der Waals surface area contributed by atoms with Crippen LogP contribution in [0.2, 0.25) is 0 Å². The number of benzene rings is 1. The van der Waals surface area contributed by atoms with E-state index in [1.165, 1.54) is 0 Å². The highest BCUT2D eigenvalue weighted by molar-refractivity contribution is 7.92.